The number of rotatable bonds is 3. The first-order valence-corrected chi connectivity index (χ1v) is 8.32. The number of carbonyl (C=O) groups is 1. The monoisotopic (exact) mass is 311 g/mol. The fraction of sp³-hybridized carbons (Fsp3) is 0.421. The van der Waals surface area contributed by atoms with Gasteiger partial charge in [0.2, 0.25) is 0 Å². The number of benzene rings is 1. The van der Waals surface area contributed by atoms with Crippen LogP contribution in [0.4, 0.5) is 0 Å². The quantitative estimate of drug-likeness (QED) is 0.946. The van der Waals surface area contributed by atoms with Gasteiger partial charge in [-0.3, -0.25) is 9.69 Å². The maximum atomic E-state index is 12.7. The van der Waals surface area contributed by atoms with E-state index in [0.29, 0.717) is 5.92 Å². The second kappa shape index (κ2) is 7.01. The molecule has 0 aliphatic carbocycles. The minimum atomic E-state index is 0.150. The molecule has 1 aromatic heterocycles. The molecule has 1 aliphatic rings. The number of aryl methyl sites for hydroxylation is 1. The summed E-state index contributed by atoms with van der Waals surface area (Å²) in [5.74, 6) is 0.626. The van der Waals surface area contributed by atoms with Crippen LogP contribution in [0, 0.1) is 12.8 Å². The van der Waals surface area contributed by atoms with E-state index in [4.69, 9.17) is 0 Å². The Kier molecular flexibility index (Phi) is 4.82. The van der Waals surface area contributed by atoms with Gasteiger partial charge in [0.05, 0.1) is 5.56 Å². The Morgan fingerprint density at radius 2 is 1.96 bits per heavy atom. The Hall–Kier alpha value is -2.07. The molecule has 0 spiro atoms. The van der Waals surface area contributed by atoms with E-state index in [-0.39, 0.29) is 5.91 Å². The largest absolute Gasteiger partial charge is 0.367 e. The van der Waals surface area contributed by atoms with E-state index in [1.807, 2.05) is 30.3 Å². The molecule has 2 heterocycles. The second-order valence-electron chi connectivity index (χ2n) is 6.63. The zero-order valence-corrected chi connectivity index (χ0v) is 14.0. The van der Waals surface area contributed by atoms with Gasteiger partial charge in [-0.1, -0.05) is 37.3 Å². The zero-order chi connectivity index (χ0) is 16.2. The molecule has 4 nitrogen and oxygen atoms in total. The highest BCUT2D eigenvalue weighted by atomic mass is 16.2. The lowest BCUT2D eigenvalue weighted by Gasteiger charge is -2.22. The third-order valence-corrected chi connectivity index (χ3v) is 4.51. The molecule has 1 aliphatic heterocycles. The molecule has 23 heavy (non-hydrogen) atoms. The van der Waals surface area contributed by atoms with Crippen molar-refractivity contribution < 1.29 is 4.79 Å². The van der Waals surface area contributed by atoms with Crippen molar-refractivity contribution in [3.8, 4) is 0 Å². The lowest BCUT2D eigenvalue weighted by atomic mass is 10.1. The normalized spacial score (nSPS) is 19.6. The molecule has 1 N–H and O–H groups in total. The molecule has 1 fully saturated rings. The van der Waals surface area contributed by atoms with Crippen LogP contribution in [0.15, 0.2) is 42.7 Å². The Balaban J connectivity index is 1.66. The van der Waals surface area contributed by atoms with Crippen LogP contribution in [-0.4, -0.2) is 46.9 Å². The van der Waals surface area contributed by atoms with Crippen LogP contribution in [0.2, 0.25) is 0 Å². The van der Waals surface area contributed by atoms with E-state index in [0.717, 1.165) is 43.9 Å². The smallest absolute Gasteiger partial charge is 0.255 e. The molecule has 3 rings (SSSR count). The molecular weight excluding hydrogens is 286 g/mol. The molecule has 0 radical (unpaired) electrons. The molecule has 0 saturated carbocycles. The molecule has 1 unspecified atom stereocenters. The summed E-state index contributed by atoms with van der Waals surface area (Å²) in [7, 11) is 0. The fourth-order valence-corrected chi connectivity index (χ4v) is 3.33. The molecule has 122 valence electrons. The number of amides is 1. The van der Waals surface area contributed by atoms with Crippen molar-refractivity contribution in [3.63, 3.8) is 0 Å². The van der Waals surface area contributed by atoms with Crippen molar-refractivity contribution in [3.05, 3.63) is 59.4 Å². The number of H-pyrrole nitrogens is 1. The summed E-state index contributed by atoms with van der Waals surface area (Å²) in [4.78, 5) is 20.2. The first-order chi connectivity index (χ1) is 11.1. The third-order valence-electron chi connectivity index (χ3n) is 4.51. The van der Waals surface area contributed by atoms with Gasteiger partial charge in [0.15, 0.2) is 0 Å². The van der Waals surface area contributed by atoms with Gasteiger partial charge in [-0.2, -0.15) is 0 Å². The predicted octanol–water partition coefficient (Wildman–Crippen LogP) is 2.92. The zero-order valence-electron chi connectivity index (χ0n) is 14.0. The summed E-state index contributed by atoms with van der Waals surface area (Å²) >= 11 is 0. The van der Waals surface area contributed by atoms with Gasteiger partial charge < -0.3 is 9.88 Å². The highest BCUT2D eigenvalue weighted by molar-refractivity contribution is 5.95. The first-order valence-electron chi connectivity index (χ1n) is 8.32. The van der Waals surface area contributed by atoms with Gasteiger partial charge in [-0.05, 0) is 24.0 Å². The van der Waals surface area contributed by atoms with Crippen LogP contribution in [0.1, 0.15) is 28.4 Å². The summed E-state index contributed by atoms with van der Waals surface area (Å²) in [6.07, 6.45) is 3.70. The highest BCUT2D eigenvalue weighted by Crippen LogP contribution is 2.16. The van der Waals surface area contributed by atoms with Gasteiger partial charge in [0, 0.05) is 45.1 Å². The summed E-state index contributed by atoms with van der Waals surface area (Å²) in [5.41, 5.74) is 3.16. The standard InChI is InChI=1S/C19H25N3O/c1-15-12-21(14-17-6-4-3-5-7-17)8-9-22(13-15)19(23)18-11-20-10-16(18)2/h3-7,10-11,15,20H,8-9,12-14H2,1-2H3. The van der Waals surface area contributed by atoms with Crippen molar-refractivity contribution in [1.29, 1.82) is 0 Å². The van der Waals surface area contributed by atoms with Gasteiger partial charge >= 0.3 is 0 Å². The number of aromatic nitrogens is 1. The molecule has 1 saturated heterocycles. The Morgan fingerprint density at radius 1 is 1.17 bits per heavy atom. The predicted molar refractivity (Wildman–Crippen MR) is 92.3 cm³/mol. The average Bonchev–Trinajstić information content (AvgIpc) is 2.88. The number of nitrogens with one attached hydrogen (secondary N) is 1. The van der Waals surface area contributed by atoms with Crippen molar-refractivity contribution in [2.24, 2.45) is 5.92 Å². The second-order valence-corrected chi connectivity index (χ2v) is 6.63. The third kappa shape index (κ3) is 3.82. The summed E-state index contributed by atoms with van der Waals surface area (Å²) in [6.45, 7) is 8.74. The van der Waals surface area contributed by atoms with Crippen LogP contribution in [-0.2, 0) is 6.54 Å². The molecular formula is C19H25N3O. The Labute approximate surface area is 138 Å². The van der Waals surface area contributed by atoms with Gasteiger partial charge in [-0.25, -0.2) is 0 Å². The van der Waals surface area contributed by atoms with Gasteiger partial charge in [0.1, 0.15) is 0 Å². The molecule has 0 bridgehead atoms. The van der Waals surface area contributed by atoms with E-state index in [1.165, 1.54) is 5.56 Å². The summed E-state index contributed by atoms with van der Waals surface area (Å²) < 4.78 is 0. The molecule has 1 atom stereocenters. The molecule has 4 heteroatoms. The number of hydrogen-bond acceptors (Lipinski definition) is 2. The lowest BCUT2D eigenvalue weighted by molar-refractivity contribution is 0.0748. The minimum absolute atomic E-state index is 0.150. The number of carbonyl (C=O) groups excluding carboxylic acids is 1. The van der Waals surface area contributed by atoms with E-state index in [2.05, 4.69) is 41.1 Å². The van der Waals surface area contributed by atoms with Gasteiger partial charge in [0.25, 0.3) is 5.91 Å². The van der Waals surface area contributed by atoms with Crippen molar-refractivity contribution in [1.82, 2.24) is 14.8 Å². The summed E-state index contributed by atoms with van der Waals surface area (Å²) in [6, 6.07) is 10.6. The number of hydrogen-bond donors (Lipinski definition) is 1. The maximum absolute atomic E-state index is 12.7. The van der Waals surface area contributed by atoms with Crippen LogP contribution < -0.4 is 0 Å². The lowest BCUT2D eigenvalue weighted by Crippen LogP contribution is -2.35. The molecule has 1 aromatic carbocycles. The van der Waals surface area contributed by atoms with E-state index >= 15 is 0 Å². The molecule has 2 aromatic rings. The van der Waals surface area contributed by atoms with Crippen LogP contribution in [0.3, 0.4) is 0 Å². The van der Waals surface area contributed by atoms with Crippen LogP contribution in [0.5, 0.6) is 0 Å². The fourth-order valence-electron chi connectivity index (χ4n) is 3.33. The van der Waals surface area contributed by atoms with Crippen molar-refractivity contribution in [2.75, 3.05) is 26.2 Å². The number of nitrogens with zero attached hydrogens (tertiary/aromatic N) is 2. The van der Waals surface area contributed by atoms with Gasteiger partial charge in [-0.15, -0.1) is 0 Å². The van der Waals surface area contributed by atoms with Crippen molar-refractivity contribution in [2.45, 2.75) is 20.4 Å². The van der Waals surface area contributed by atoms with E-state index in [1.54, 1.807) is 0 Å². The van der Waals surface area contributed by atoms with E-state index in [9.17, 15) is 4.79 Å². The number of aromatic amines is 1. The topological polar surface area (TPSA) is 39.3 Å². The van der Waals surface area contributed by atoms with E-state index < -0.39 is 0 Å². The van der Waals surface area contributed by atoms with Crippen molar-refractivity contribution >= 4 is 5.91 Å². The average molecular weight is 311 g/mol. The van der Waals surface area contributed by atoms with Crippen LogP contribution >= 0.6 is 0 Å². The SMILES string of the molecule is Cc1c[nH]cc1C(=O)N1CCN(Cc2ccccc2)CC(C)C1. The summed E-state index contributed by atoms with van der Waals surface area (Å²) in [5, 5.41) is 0. The minimum Gasteiger partial charge on any atom is -0.367 e. The van der Waals surface area contributed by atoms with Crippen LogP contribution in [0.25, 0.3) is 0 Å². The maximum Gasteiger partial charge on any atom is 0.255 e. The molecule has 1 amide bonds. The first kappa shape index (κ1) is 15.8. The Bertz CT molecular complexity index is 650. The highest BCUT2D eigenvalue weighted by Gasteiger charge is 2.25. The Morgan fingerprint density at radius 3 is 2.65 bits per heavy atom.